The van der Waals surface area contributed by atoms with Crippen LogP contribution < -0.4 is 10.9 Å². The Kier molecular flexibility index (Phi) is 7.70. The molecule has 0 bridgehead atoms. The van der Waals surface area contributed by atoms with Crippen molar-refractivity contribution in [2.45, 2.75) is 68.9 Å². The van der Waals surface area contributed by atoms with Crippen LogP contribution in [0.2, 0.25) is 0 Å². The van der Waals surface area contributed by atoms with E-state index in [9.17, 15) is 14.7 Å². The average Bonchev–Trinajstić information content (AvgIpc) is 3.61. The van der Waals surface area contributed by atoms with E-state index < -0.39 is 5.60 Å². The molecule has 4 fully saturated rings. The van der Waals surface area contributed by atoms with Gasteiger partial charge in [0.1, 0.15) is 5.60 Å². The third kappa shape index (κ3) is 5.42. The third-order valence-corrected chi connectivity index (χ3v) is 9.61. The van der Waals surface area contributed by atoms with Crippen LogP contribution in [0.1, 0.15) is 73.7 Å². The van der Waals surface area contributed by atoms with Crippen LogP contribution in [0, 0.1) is 5.92 Å². The molecule has 2 saturated carbocycles. The summed E-state index contributed by atoms with van der Waals surface area (Å²) < 4.78 is 0. The van der Waals surface area contributed by atoms with Crippen molar-refractivity contribution >= 4 is 11.8 Å². The Balaban J connectivity index is 1.12. The molecule has 40 heavy (non-hydrogen) atoms. The number of hydrogen-bond acceptors (Lipinski definition) is 6. The number of carbonyl (C=O) groups is 2. The summed E-state index contributed by atoms with van der Waals surface area (Å²) in [5, 5.41) is 12.1. The van der Waals surface area contributed by atoms with E-state index in [1.54, 1.807) is 9.80 Å². The van der Waals surface area contributed by atoms with E-state index >= 15 is 0 Å². The molecule has 6 rings (SSSR count). The molecule has 2 heterocycles. The van der Waals surface area contributed by atoms with Crippen molar-refractivity contribution in [3.63, 3.8) is 0 Å². The summed E-state index contributed by atoms with van der Waals surface area (Å²) in [6.07, 6.45) is 10.3. The number of amides is 2. The topological polar surface area (TPSA) is 88.2 Å². The zero-order chi connectivity index (χ0) is 27.7. The molecular weight excluding hydrogens is 502 g/mol. The Labute approximate surface area is 237 Å². The Bertz CT molecular complexity index is 1200. The van der Waals surface area contributed by atoms with Gasteiger partial charge in [-0.15, -0.1) is 0 Å². The maximum Gasteiger partial charge on any atom is 0.254 e. The molecule has 8 nitrogen and oxygen atoms in total. The zero-order valence-corrected chi connectivity index (χ0v) is 23.7. The van der Waals surface area contributed by atoms with Gasteiger partial charge in [-0.25, -0.2) is 10.9 Å². The Morgan fingerprint density at radius 3 is 1.90 bits per heavy atom. The Morgan fingerprint density at radius 2 is 1.35 bits per heavy atom. The molecule has 0 aromatic heterocycles. The molecule has 1 atom stereocenters. The van der Waals surface area contributed by atoms with E-state index in [-0.39, 0.29) is 17.4 Å². The van der Waals surface area contributed by atoms with E-state index in [4.69, 9.17) is 0 Å². The van der Waals surface area contributed by atoms with Crippen LogP contribution in [-0.2, 0) is 10.3 Å². The van der Waals surface area contributed by atoms with Crippen LogP contribution in [0.4, 0.5) is 0 Å². The molecule has 0 spiro atoms. The van der Waals surface area contributed by atoms with E-state index in [1.165, 1.54) is 50.5 Å². The molecular formula is C32H43N5O3. The van der Waals surface area contributed by atoms with Crippen molar-refractivity contribution in [1.29, 1.82) is 0 Å². The molecule has 4 aliphatic rings. The second-order valence-electron chi connectivity index (χ2n) is 12.3. The molecule has 2 saturated heterocycles. The largest absolute Gasteiger partial charge is 0.380 e. The summed E-state index contributed by atoms with van der Waals surface area (Å²) >= 11 is 0. The lowest BCUT2D eigenvalue weighted by Crippen LogP contribution is -2.53. The van der Waals surface area contributed by atoms with Gasteiger partial charge in [0.05, 0.1) is 5.54 Å². The van der Waals surface area contributed by atoms with Gasteiger partial charge in [-0.1, -0.05) is 68.5 Å². The highest BCUT2D eigenvalue weighted by Gasteiger charge is 2.50. The number of carbonyl (C=O) groups excluding carboxylic acids is 2. The minimum absolute atomic E-state index is 0.01000. The quantitative estimate of drug-likeness (QED) is 0.532. The summed E-state index contributed by atoms with van der Waals surface area (Å²) in [6.45, 7) is 2.82. The molecule has 8 heteroatoms. The van der Waals surface area contributed by atoms with Crippen molar-refractivity contribution in [3.05, 3.63) is 59.7 Å². The zero-order valence-electron chi connectivity index (χ0n) is 23.7. The van der Waals surface area contributed by atoms with Gasteiger partial charge in [0.15, 0.2) is 0 Å². The van der Waals surface area contributed by atoms with Crippen molar-refractivity contribution < 1.29 is 14.7 Å². The average molecular weight is 546 g/mol. The maximum absolute atomic E-state index is 13.1. The number of rotatable bonds is 5. The van der Waals surface area contributed by atoms with E-state index in [0.717, 1.165) is 17.7 Å². The van der Waals surface area contributed by atoms with Crippen LogP contribution >= 0.6 is 0 Å². The predicted octanol–water partition coefficient (Wildman–Crippen LogP) is 3.67. The first kappa shape index (κ1) is 27.4. The minimum Gasteiger partial charge on any atom is -0.380 e. The SMILES string of the molecule is CN1NCC(c2ccc(-c3ccc(C(=O)N4CCN(C(=O)C5(O)CC5)CC4)cc3)cc2)(C2CCCCCCC2)N1. The van der Waals surface area contributed by atoms with Gasteiger partial charge in [-0.05, 0) is 60.4 Å². The first-order valence-electron chi connectivity index (χ1n) is 15.2. The highest BCUT2D eigenvalue weighted by Crippen LogP contribution is 2.40. The van der Waals surface area contributed by atoms with Crippen molar-refractivity contribution in [3.8, 4) is 11.1 Å². The molecule has 2 aliphatic carbocycles. The number of hydrogen-bond donors (Lipinski definition) is 3. The molecule has 2 aliphatic heterocycles. The van der Waals surface area contributed by atoms with Gasteiger partial charge < -0.3 is 14.9 Å². The van der Waals surface area contributed by atoms with Crippen LogP contribution in [0.5, 0.6) is 0 Å². The number of nitrogens with one attached hydrogen (secondary N) is 2. The van der Waals surface area contributed by atoms with Gasteiger partial charge in [-0.2, -0.15) is 5.12 Å². The number of nitrogens with zero attached hydrogens (tertiary/aromatic N) is 3. The highest BCUT2D eigenvalue weighted by atomic mass is 16.3. The van der Waals surface area contributed by atoms with Crippen molar-refractivity contribution in [1.82, 2.24) is 25.8 Å². The molecule has 1 unspecified atom stereocenters. The maximum atomic E-state index is 13.1. The van der Waals surface area contributed by atoms with E-state index in [2.05, 4.69) is 42.2 Å². The molecule has 3 N–H and O–H groups in total. The summed E-state index contributed by atoms with van der Waals surface area (Å²) in [7, 11) is 2.06. The molecule has 2 amide bonds. The van der Waals surface area contributed by atoms with Crippen LogP contribution in [0.25, 0.3) is 11.1 Å². The lowest BCUT2D eigenvalue weighted by Gasteiger charge is -2.39. The van der Waals surface area contributed by atoms with Gasteiger partial charge in [-0.3, -0.25) is 9.59 Å². The molecule has 0 radical (unpaired) electrons. The normalized spacial score (nSPS) is 25.9. The lowest BCUT2D eigenvalue weighted by molar-refractivity contribution is -0.143. The number of hydrazine groups is 2. The first-order chi connectivity index (χ1) is 19.4. The number of benzene rings is 2. The van der Waals surface area contributed by atoms with Crippen LogP contribution in [0.3, 0.4) is 0 Å². The molecule has 214 valence electrons. The Morgan fingerprint density at radius 1 is 0.800 bits per heavy atom. The minimum atomic E-state index is -1.14. The van der Waals surface area contributed by atoms with Gasteiger partial charge >= 0.3 is 0 Å². The summed E-state index contributed by atoms with van der Waals surface area (Å²) in [5.41, 5.74) is 10.3. The lowest BCUT2D eigenvalue weighted by atomic mass is 9.72. The van der Waals surface area contributed by atoms with E-state index in [0.29, 0.717) is 50.5 Å². The highest BCUT2D eigenvalue weighted by molar-refractivity contribution is 5.95. The number of piperazine rings is 1. The van der Waals surface area contributed by atoms with Gasteiger partial charge in [0.25, 0.3) is 11.8 Å². The summed E-state index contributed by atoms with van der Waals surface area (Å²) in [6, 6.07) is 16.8. The monoisotopic (exact) mass is 545 g/mol. The summed E-state index contributed by atoms with van der Waals surface area (Å²) in [5.74, 6) is 0.404. The van der Waals surface area contributed by atoms with Crippen LogP contribution in [-0.4, -0.2) is 77.2 Å². The molecule has 2 aromatic carbocycles. The van der Waals surface area contributed by atoms with Gasteiger partial charge in [0.2, 0.25) is 0 Å². The van der Waals surface area contributed by atoms with Crippen molar-refractivity contribution in [2.24, 2.45) is 5.92 Å². The fourth-order valence-electron chi connectivity index (χ4n) is 6.90. The summed E-state index contributed by atoms with van der Waals surface area (Å²) in [4.78, 5) is 29.0. The smallest absolute Gasteiger partial charge is 0.254 e. The predicted molar refractivity (Wildman–Crippen MR) is 155 cm³/mol. The number of aliphatic hydroxyl groups is 1. The molecule has 2 aromatic rings. The van der Waals surface area contributed by atoms with Crippen molar-refractivity contribution in [2.75, 3.05) is 39.8 Å². The second kappa shape index (κ2) is 11.2. The Hall–Kier alpha value is -2.78. The standard InChI is InChI=1S/C32H43N5O3/c1-35-33-23-32(34-35,27-7-5-3-2-4-6-8-27)28-15-13-25(14-16-28)24-9-11-26(12-10-24)29(38)36-19-21-37(22-20-36)30(39)31(40)17-18-31/h9-16,27,33-34,40H,2-8,17-23H2,1H3. The first-order valence-corrected chi connectivity index (χ1v) is 15.2. The third-order valence-electron chi connectivity index (χ3n) is 9.61. The van der Waals surface area contributed by atoms with Gasteiger partial charge in [0, 0.05) is 45.3 Å². The fourth-order valence-corrected chi connectivity index (χ4v) is 6.90. The second-order valence-corrected chi connectivity index (χ2v) is 12.3. The van der Waals surface area contributed by atoms with Crippen LogP contribution in [0.15, 0.2) is 48.5 Å². The fraction of sp³-hybridized carbons (Fsp3) is 0.562. The van der Waals surface area contributed by atoms with E-state index in [1.807, 2.05) is 29.4 Å².